The SMILES string of the molecule is FC(F)(F)C(I)c1ccccc1. The highest BCUT2D eigenvalue weighted by Crippen LogP contribution is 2.39. The van der Waals surface area contributed by atoms with Gasteiger partial charge < -0.3 is 0 Å². The molecule has 1 atom stereocenters. The lowest BCUT2D eigenvalue weighted by atomic mass is 10.1. The lowest BCUT2D eigenvalue weighted by molar-refractivity contribution is -0.125. The topological polar surface area (TPSA) is 0 Å². The van der Waals surface area contributed by atoms with Crippen LogP contribution < -0.4 is 0 Å². The summed E-state index contributed by atoms with van der Waals surface area (Å²) in [7, 11) is 0. The van der Waals surface area contributed by atoms with E-state index in [1.54, 1.807) is 18.2 Å². The van der Waals surface area contributed by atoms with Crippen LogP contribution in [0.1, 0.15) is 9.49 Å². The van der Waals surface area contributed by atoms with Crippen molar-refractivity contribution in [3.63, 3.8) is 0 Å². The summed E-state index contributed by atoms with van der Waals surface area (Å²) in [5, 5.41) is 0. The molecule has 0 N–H and O–H groups in total. The molecule has 0 aliphatic rings. The van der Waals surface area contributed by atoms with E-state index in [-0.39, 0.29) is 0 Å². The van der Waals surface area contributed by atoms with E-state index in [9.17, 15) is 13.2 Å². The van der Waals surface area contributed by atoms with Gasteiger partial charge in [0.1, 0.15) is 3.92 Å². The smallest absolute Gasteiger partial charge is 0.169 e. The van der Waals surface area contributed by atoms with Gasteiger partial charge in [0.25, 0.3) is 0 Å². The lowest BCUT2D eigenvalue weighted by Crippen LogP contribution is -2.14. The maximum absolute atomic E-state index is 12.1. The molecule has 12 heavy (non-hydrogen) atoms. The summed E-state index contributed by atoms with van der Waals surface area (Å²) in [6.45, 7) is 0. The van der Waals surface area contributed by atoms with Gasteiger partial charge in [0.15, 0.2) is 0 Å². The molecule has 0 bridgehead atoms. The zero-order chi connectivity index (χ0) is 9.19. The summed E-state index contributed by atoms with van der Waals surface area (Å²) in [5.41, 5.74) is 0.297. The first-order valence-corrected chi connectivity index (χ1v) is 4.52. The van der Waals surface area contributed by atoms with Crippen molar-refractivity contribution < 1.29 is 13.2 Å². The van der Waals surface area contributed by atoms with E-state index in [1.807, 2.05) is 0 Å². The van der Waals surface area contributed by atoms with Gasteiger partial charge >= 0.3 is 6.18 Å². The van der Waals surface area contributed by atoms with Gasteiger partial charge in [-0.3, -0.25) is 0 Å². The number of alkyl halides is 4. The molecule has 0 amide bonds. The first-order chi connectivity index (χ1) is 5.52. The Hall–Kier alpha value is -0.260. The zero-order valence-corrected chi connectivity index (χ0v) is 8.13. The minimum absolute atomic E-state index is 0.297. The maximum Gasteiger partial charge on any atom is 0.404 e. The minimum atomic E-state index is -4.15. The van der Waals surface area contributed by atoms with E-state index in [0.717, 1.165) is 0 Å². The van der Waals surface area contributed by atoms with Crippen LogP contribution in [0.25, 0.3) is 0 Å². The normalized spacial score (nSPS) is 14.3. The molecule has 66 valence electrons. The van der Waals surface area contributed by atoms with Crippen molar-refractivity contribution in [1.82, 2.24) is 0 Å². The fourth-order valence-corrected chi connectivity index (χ4v) is 1.23. The number of hydrogen-bond donors (Lipinski definition) is 0. The molecule has 1 unspecified atom stereocenters. The van der Waals surface area contributed by atoms with Gasteiger partial charge in [-0.2, -0.15) is 13.2 Å². The summed E-state index contributed by atoms with van der Waals surface area (Å²) >= 11 is 1.39. The molecule has 1 rings (SSSR count). The molecule has 0 saturated heterocycles. The Morgan fingerprint density at radius 2 is 1.58 bits per heavy atom. The van der Waals surface area contributed by atoms with Crippen molar-refractivity contribution in [2.75, 3.05) is 0 Å². The molecule has 1 aromatic carbocycles. The second-order valence-electron chi connectivity index (χ2n) is 2.31. The van der Waals surface area contributed by atoms with Crippen LogP contribution in [0.4, 0.5) is 13.2 Å². The Kier molecular flexibility index (Phi) is 2.98. The Morgan fingerprint density at radius 3 is 2.00 bits per heavy atom. The molecule has 0 nitrogen and oxygen atoms in total. The molecule has 0 spiro atoms. The van der Waals surface area contributed by atoms with Crippen LogP contribution in [0, 0.1) is 0 Å². The third kappa shape index (κ3) is 2.36. The van der Waals surface area contributed by atoms with Crippen molar-refractivity contribution in [3.8, 4) is 0 Å². The quantitative estimate of drug-likeness (QED) is 0.545. The molecule has 0 aliphatic carbocycles. The largest absolute Gasteiger partial charge is 0.404 e. The van der Waals surface area contributed by atoms with E-state index >= 15 is 0 Å². The van der Waals surface area contributed by atoms with Crippen LogP contribution in [0.2, 0.25) is 0 Å². The fraction of sp³-hybridized carbons (Fsp3) is 0.250. The van der Waals surface area contributed by atoms with Gasteiger partial charge in [-0.05, 0) is 5.56 Å². The number of halogens is 4. The molecular formula is C8H6F3I. The highest BCUT2D eigenvalue weighted by atomic mass is 127. The van der Waals surface area contributed by atoms with Crippen molar-refractivity contribution in [2.45, 2.75) is 10.1 Å². The van der Waals surface area contributed by atoms with Crippen molar-refractivity contribution in [3.05, 3.63) is 35.9 Å². The van der Waals surface area contributed by atoms with Gasteiger partial charge in [-0.15, -0.1) is 0 Å². The zero-order valence-electron chi connectivity index (χ0n) is 5.98. The van der Waals surface area contributed by atoms with Gasteiger partial charge in [-0.1, -0.05) is 52.9 Å². The molecule has 0 heterocycles. The minimum Gasteiger partial charge on any atom is -0.169 e. The second kappa shape index (κ2) is 3.64. The summed E-state index contributed by atoms with van der Waals surface area (Å²) < 4.78 is 35.0. The van der Waals surface area contributed by atoms with Crippen LogP contribution in [-0.2, 0) is 0 Å². The number of benzene rings is 1. The van der Waals surface area contributed by atoms with E-state index in [0.29, 0.717) is 5.56 Å². The number of rotatable bonds is 1. The van der Waals surface area contributed by atoms with Gasteiger partial charge in [0.05, 0.1) is 0 Å². The lowest BCUT2D eigenvalue weighted by Gasteiger charge is -2.13. The first kappa shape index (κ1) is 9.83. The van der Waals surface area contributed by atoms with Crippen LogP contribution in [0.5, 0.6) is 0 Å². The summed E-state index contributed by atoms with van der Waals surface area (Å²) in [6, 6.07) is 7.86. The molecule has 0 saturated carbocycles. The Labute approximate surface area is 81.9 Å². The Balaban J connectivity index is 2.86. The monoisotopic (exact) mass is 286 g/mol. The molecule has 0 aromatic heterocycles. The maximum atomic E-state index is 12.1. The van der Waals surface area contributed by atoms with E-state index < -0.39 is 10.1 Å². The average molecular weight is 286 g/mol. The molecule has 4 heteroatoms. The summed E-state index contributed by atoms with van der Waals surface area (Å²) in [4.78, 5) is 0. The molecule has 0 aliphatic heterocycles. The fourth-order valence-electron chi connectivity index (χ4n) is 0.811. The van der Waals surface area contributed by atoms with Crippen molar-refractivity contribution in [1.29, 1.82) is 0 Å². The van der Waals surface area contributed by atoms with Gasteiger partial charge in [0.2, 0.25) is 0 Å². The third-order valence-corrected chi connectivity index (χ3v) is 2.80. The van der Waals surface area contributed by atoms with Crippen molar-refractivity contribution >= 4 is 22.6 Å². The first-order valence-electron chi connectivity index (χ1n) is 3.27. The third-order valence-electron chi connectivity index (χ3n) is 1.38. The van der Waals surface area contributed by atoms with Crippen LogP contribution in [0.15, 0.2) is 30.3 Å². The molecular weight excluding hydrogens is 280 g/mol. The van der Waals surface area contributed by atoms with Crippen molar-refractivity contribution in [2.24, 2.45) is 0 Å². The summed E-state index contributed by atoms with van der Waals surface area (Å²) in [6.07, 6.45) is -4.15. The highest BCUT2D eigenvalue weighted by Gasteiger charge is 2.38. The Morgan fingerprint density at radius 1 is 1.08 bits per heavy atom. The van der Waals surface area contributed by atoms with Crippen LogP contribution in [0.3, 0.4) is 0 Å². The standard InChI is InChI=1S/C8H6F3I/c9-8(10,11)7(12)6-4-2-1-3-5-6/h1-5,7H. The predicted molar refractivity (Wildman–Crippen MR) is 49.3 cm³/mol. The molecule has 1 aromatic rings. The predicted octanol–water partition coefficient (Wildman–Crippen LogP) is 3.73. The van der Waals surface area contributed by atoms with Crippen LogP contribution in [-0.4, -0.2) is 6.18 Å². The van der Waals surface area contributed by atoms with E-state index in [1.165, 1.54) is 34.7 Å². The molecule has 0 radical (unpaired) electrons. The van der Waals surface area contributed by atoms with Gasteiger partial charge in [0, 0.05) is 0 Å². The average Bonchev–Trinajstić information content (AvgIpc) is 2.03. The van der Waals surface area contributed by atoms with Gasteiger partial charge in [-0.25, -0.2) is 0 Å². The van der Waals surface area contributed by atoms with E-state index in [4.69, 9.17) is 0 Å². The number of hydrogen-bond acceptors (Lipinski definition) is 0. The van der Waals surface area contributed by atoms with E-state index in [2.05, 4.69) is 0 Å². The Bertz CT molecular complexity index is 242. The summed E-state index contributed by atoms with van der Waals surface area (Å²) in [5.74, 6) is 0. The molecule has 0 fully saturated rings. The highest BCUT2D eigenvalue weighted by molar-refractivity contribution is 14.1. The second-order valence-corrected chi connectivity index (χ2v) is 3.56. The van der Waals surface area contributed by atoms with Crippen LogP contribution >= 0.6 is 22.6 Å².